The first-order valence-electron chi connectivity index (χ1n) is 7.72. The second-order valence-corrected chi connectivity index (χ2v) is 5.69. The van der Waals surface area contributed by atoms with Gasteiger partial charge in [-0.3, -0.25) is 4.79 Å². The van der Waals surface area contributed by atoms with Crippen molar-refractivity contribution in [1.82, 2.24) is 19.9 Å². The van der Waals surface area contributed by atoms with Gasteiger partial charge in [-0.05, 0) is 18.2 Å². The Morgan fingerprint density at radius 2 is 1.72 bits per heavy atom. The van der Waals surface area contributed by atoms with Crippen LogP contribution in [0, 0.1) is 0 Å². The molecule has 8 nitrogen and oxygen atoms in total. The molecule has 0 bridgehead atoms. The Bertz CT molecular complexity index is 750. The van der Waals surface area contributed by atoms with Gasteiger partial charge in [0, 0.05) is 44.8 Å². The standard InChI is InChI=1S/C16H16ClN5O3/c17-14-12(3-1-4-18-14)15(24)25-11-13(23)21-7-9-22(10-8-21)16-19-5-2-6-20-16/h1-6H,7-11H2. The van der Waals surface area contributed by atoms with E-state index in [1.54, 1.807) is 29.4 Å². The number of piperazine rings is 1. The molecular weight excluding hydrogens is 346 g/mol. The molecule has 0 atom stereocenters. The zero-order chi connectivity index (χ0) is 17.6. The lowest BCUT2D eigenvalue weighted by Crippen LogP contribution is -2.50. The van der Waals surface area contributed by atoms with Crippen molar-refractivity contribution in [2.45, 2.75) is 0 Å². The molecule has 1 saturated heterocycles. The third-order valence-electron chi connectivity index (χ3n) is 3.77. The lowest BCUT2D eigenvalue weighted by Gasteiger charge is -2.34. The Balaban J connectivity index is 1.48. The molecule has 3 heterocycles. The third kappa shape index (κ3) is 4.21. The van der Waals surface area contributed by atoms with E-state index in [2.05, 4.69) is 15.0 Å². The molecule has 1 amide bonds. The monoisotopic (exact) mass is 361 g/mol. The highest BCUT2D eigenvalue weighted by Crippen LogP contribution is 2.13. The van der Waals surface area contributed by atoms with E-state index in [1.807, 2.05) is 4.90 Å². The van der Waals surface area contributed by atoms with Crippen molar-refractivity contribution in [3.05, 3.63) is 47.5 Å². The van der Waals surface area contributed by atoms with Crippen molar-refractivity contribution in [1.29, 1.82) is 0 Å². The summed E-state index contributed by atoms with van der Waals surface area (Å²) in [6, 6.07) is 4.84. The average molecular weight is 362 g/mol. The van der Waals surface area contributed by atoms with E-state index in [0.717, 1.165) is 0 Å². The number of carbonyl (C=O) groups is 2. The van der Waals surface area contributed by atoms with Gasteiger partial charge in [0.1, 0.15) is 5.15 Å². The number of rotatable bonds is 4. The molecule has 0 unspecified atom stereocenters. The van der Waals surface area contributed by atoms with Crippen molar-refractivity contribution in [3.63, 3.8) is 0 Å². The predicted molar refractivity (Wildman–Crippen MR) is 90.4 cm³/mol. The fraction of sp³-hybridized carbons (Fsp3) is 0.312. The second-order valence-electron chi connectivity index (χ2n) is 5.33. The van der Waals surface area contributed by atoms with Gasteiger partial charge >= 0.3 is 5.97 Å². The molecule has 0 saturated carbocycles. The molecule has 0 aromatic carbocycles. The largest absolute Gasteiger partial charge is 0.452 e. The van der Waals surface area contributed by atoms with E-state index in [1.165, 1.54) is 12.3 Å². The number of nitrogens with zero attached hydrogens (tertiary/aromatic N) is 5. The van der Waals surface area contributed by atoms with E-state index < -0.39 is 5.97 Å². The first-order valence-corrected chi connectivity index (χ1v) is 8.10. The van der Waals surface area contributed by atoms with Crippen LogP contribution in [0.4, 0.5) is 5.95 Å². The molecule has 0 aliphatic carbocycles. The number of ether oxygens (including phenoxy) is 1. The van der Waals surface area contributed by atoms with Gasteiger partial charge in [0.25, 0.3) is 5.91 Å². The molecular formula is C16H16ClN5O3. The highest BCUT2D eigenvalue weighted by Gasteiger charge is 2.23. The quantitative estimate of drug-likeness (QED) is 0.593. The first kappa shape index (κ1) is 17.1. The van der Waals surface area contributed by atoms with Gasteiger partial charge in [-0.25, -0.2) is 19.7 Å². The fourth-order valence-electron chi connectivity index (χ4n) is 2.44. The van der Waals surface area contributed by atoms with Crippen LogP contribution in [-0.2, 0) is 9.53 Å². The van der Waals surface area contributed by atoms with Gasteiger partial charge in [0.15, 0.2) is 6.61 Å². The van der Waals surface area contributed by atoms with Crippen LogP contribution >= 0.6 is 11.6 Å². The Morgan fingerprint density at radius 3 is 2.40 bits per heavy atom. The van der Waals surface area contributed by atoms with Crippen LogP contribution < -0.4 is 4.90 Å². The zero-order valence-electron chi connectivity index (χ0n) is 13.3. The summed E-state index contributed by atoms with van der Waals surface area (Å²) in [5, 5.41) is 0.0522. The topological polar surface area (TPSA) is 88.5 Å². The Morgan fingerprint density at radius 1 is 1.04 bits per heavy atom. The van der Waals surface area contributed by atoms with Crippen molar-refractivity contribution < 1.29 is 14.3 Å². The summed E-state index contributed by atoms with van der Waals surface area (Å²) in [7, 11) is 0. The summed E-state index contributed by atoms with van der Waals surface area (Å²) in [5.74, 6) is -0.267. The Kier molecular flexibility index (Phi) is 5.39. The molecule has 0 spiro atoms. The van der Waals surface area contributed by atoms with Crippen molar-refractivity contribution in [3.8, 4) is 0 Å². The predicted octanol–water partition coefficient (Wildman–Crippen LogP) is 1.03. The number of carbonyl (C=O) groups excluding carboxylic acids is 2. The van der Waals surface area contributed by atoms with Crippen LogP contribution in [0.15, 0.2) is 36.8 Å². The molecule has 0 radical (unpaired) electrons. The van der Waals surface area contributed by atoms with Gasteiger partial charge in [-0.2, -0.15) is 0 Å². The highest BCUT2D eigenvalue weighted by atomic mass is 35.5. The maximum absolute atomic E-state index is 12.2. The van der Waals surface area contributed by atoms with Crippen LogP contribution in [0.3, 0.4) is 0 Å². The minimum atomic E-state index is -0.664. The summed E-state index contributed by atoms with van der Waals surface area (Å²) in [6.45, 7) is 1.95. The minimum absolute atomic E-state index is 0.0522. The number of hydrogen-bond donors (Lipinski definition) is 0. The molecule has 0 N–H and O–H groups in total. The van der Waals surface area contributed by atoms with E-state index >= 15 is 0 Å². The van der Waals surface area contributed by atoms with Crippen molar-refractivity contribution in [2.24, 2.45) is 0 Å². The number of halogens is 1. The molecule has 3 rings (SSSR count). The number of anilines is 1. The van der Waals surface area contributed by atoms with Crippen LogP contribution in [0.2, 0.25) is 5.15 Å². The summed E-state index contributed by atoms with van der Waals surface area (Å²) in [5.41, 5.74) is 0.142. The fourth-order valence-corrected chi connectivity index (χ4v) is 2.64. The number of pyridine rings is 1. The molecule has 2 aromatic heterocycles. The highest BCUT2D eigenvalue weighted by molar-refractivity contribution is 6.32. The molecule has 1 aliphatic rings. The van der Waals surface area contributed by atoms with E-state index in [0.29, 0.717) is 32.1 Å². The smallest absolute Gasteiger partial charge is 0.341 e. The van der Waals surface area contributed by atoms with Gasteiger partial charge in [-0.15, -0.1) is 0 Å². The van der Waals surface area contributed by atoms with Crippen LogP contribution in [0.1, 0.15) is 10.4 Å². The van der Waals surface area contributed by atoms with Gasteiger partial charge in [-0.1, -0.05) is 11.6 Å². The third-order valence-corrected chi connectivity index (χ3v) is 4.07. The minimum Gasteiger partial charge on any atom is -0.452 e. The number of amides is 1. The van der Waals surface area contributed by atoms with Gasteiger partial charge in [0.2, 0.25) is 5.95 Å². The lowest BCUT2D eigenvalue weighted by atomic mass is 10.3. The van der Waals surface area contributed by atoms with Crippen LogP contribution in [0.25, 0.3) is 0 Å². The van der Waals surface area contributed by atoms with Gasteiger partial charge in [0.05, 0.1) is 5.56 Å². The number of esters is 1. The molecule has 2 aromatic rings. The number of aromatic nitrogens is 3. The summed E-state index contributed by atoms with van der Waals surface area (Å²) in [4.78, 5) is 40.0. The van der Waals surface area contributed by atoms with Crippen molar-refractivity contribution in [2.75, 3.05) is 37.7 Å². The average Bonchev–Trinajstić information content (AvgIpc) is 2.67. The van der Waals surface area contributed by atoms with E-state index in [4.69, 9.17) is 16.3 Å². The molecule has 9 heteroatoms. The molecule has 1 fully saturated rings. The summed E-state index contributed by atoms with van der Waals surface area (Å²) >= 11 is 5.83. The normalized spacial score (nSPS) is 14.3. The molecule has 130 valence electrons. The maximum Gasteiger partial charge on any atom is 0.341 e. The zero-order valence-corrected chi connectivity index (χ0v) is 14.1. The van der Waals surface area contributed by atoms with Crippen LogP contribution in [-0.4, -0.2) is 64.5 Å². The first-order chi connectivity index (χ1) is 12.1. The Labute approximate surface area is 149 Å². The second kappa shape index (κ2) is 7.89. The number of hydrogen-bond acceptors (Lipinski definition) is 7. The molecule has 25 heavy (non-hydrogen) atoms. The molecule has 1 aliphatic heterocycles. The Hall–Kier alpha value is -2.74. The van der Waals surface area contributed by atoms with Crippen LogP contribution in [0.5, 0.6) is 0 Å². The van der Waals surface area contributed by atoms with Crippen molar-refractivity contribution >= 4 is 29.4 Å². The lowest BCUT2D eigenvalue weighted by molar-refractivity contribution is -0.134. The summed E-state index contributed by atoms with van der Waals surface area (Å²) < 4.78 is 5.04. The SMILES string of the molecule is O=C(OCC(=O)N1CCN(c2ncccn2)CC1)c1cccnc1Cl. The van der Waals surface area contributed by atoms with E-state index in [9.17, 15) is 9.59 Å². The summed E-state index contributed by atoms with van der Waals surface area (Å²) in [6.07, 6.45) is 4.84. The van der Waals surface area contributed by atoms with E-state index in [-0.39, 0.29) is 23.2 Å². The maximum atomic E-state index is 12.2. The van der Waals surface area contributed by atoms with Gasteiger partial charge < -0.3 is 14.5 Å².